The zero-order valence-electron chi connectivity index (χ0n) is 21.9. The minimum Gasteiger partial charge on any atom is -0.460 e. The number of esters is 1. The number of benzene rings is 1. The number of aromatic nitrogens is 3. The molecule has 2 aromatic rings. The van der Waals surface area contributed by atoms with Crippen LogP contribution in [0, 0.1) is 10.8 Å². The van der Waals surface area contributed by atoms with Gasteiger partial charge in [-0.3, -0.25) is 14.4 Å². The molecule has 10 nitrogen and oxygen atoms in total. The Morgan fingerprint density at radius 2 is 1.83 bits per heavy atom. The van der Waals surface area contributed by atoms with Gasteiger partial charge in [0.25, 0.3) is 0 Å². The number of carbonyl (C=O) groups excluding carboxylic acids is 3. The molecule has 2 amide bonds. The van der Waals surface area contributed by atoms with Crippen LogP contribution in [0.3, 0.4) is 0 Å². The number of amides is 2. The summed E-state index contributed by atoms with van der Waals surface area (Å²) in [5, 5.41) is 21.2. The highest BCUT2D eigenvalue weighted by atomic mass is 16.5. The highest BCUT2D eigenvalue weighted by molar-refractivity contribution is 5.90. The first-order chi connectivity index (χ1) is 16.8. The number of hydrogen-bond acceptors (Lipinski definition) is 7. The van der Waals surface area contributed by atoms with Gasteiger partial charge in [0.1, 0.15) is 18.7 Å². The van der Waals surface area contributed by atoms with Gasteiger partial charge in [-0.2, -0.15) is 0 Å². The van der Waals surface area contributed by atoms with E-state index >= 15 is 0 Å². The number of nitrogens with zero attached hydrogens (tertiary/aromatic N) is 4. The van der Waals surface area contributed by atoms with Crippen molar-refractivity contribution >= 4 is 17.8 Å². The van der Waals surface area contributed by atoms with Gasteiger partial charge in [-0.25, -0.2) is 4.68 Å². The number of β-amino-alcohol motifs (C(OH)–C–C–N with tert-alkyl or cyclic N) is 1. The zero-order valence-corrected chi connectivity index (χ0v) is 21.9. The Morgan fingerprint density at radius 1 is 1.17 bits per heavy atom. The van der Waals surface area contributed by atoms with Crippen molar-refractivity contribution in [2.45, 2.75) is 72.3 Å². The fourth-order valence-electron chi connectivity index (χ4n) is 4.47. The molecule has 2 heterocycles. The van der Waals surface area contributed by atoms with E-state index < -0.39 is 29.0 Å². The second kappa shape index (κ2) is 10.8. The van der Waals surface area contributed by atoms with E-state index in [1.165, 1.54) is 16.6 Å². The van der Waals surface area contributed by atoms with Gasteiger partial charge >= 0.3 is 5.97 Å². The molecule has 2 N–H and O–H groups in total. The molecule has 1 aliphatic heterocycles. The summed E-state index contributed by atoms with van der Waals surface area (Å²) < 4.78 is 7.01. The first-order valence-corrected chi connectivity index (χ1v) is 12.2. The summed E-state index contributed by atoms with van der Waals surface area (Å²) in [6.45, 7) is 9.54. The van der Waals surface area contributed by atoms with E-state index in [1.807, 2.05) is 51.1 Å². The van der Waals surface area contributed by atoms with E-state index in [4.69, 9.17) is 4.74 Å². The molecule has 36 heavy (non-hydrogen) atoms. The van der Waals surface area contributed by atoms with Crippen LogP contribution >= 0.6 is 0 Å². The summed E-state index contributed by atoms with van der Waals surface area (Å²) in [5.41, 5.74) is 0.0250. The lowest BCUT2D eigenvalue weighted by Crippen LogP contribution is -2.49. The van der Waals surface area contributed by atoms with Gasteiger partial charge in [-0.05, 0) is 24.8 Å². The molecule has 1 aromatic carbocycles. The van der Waals surface area contributed by atoms with E-state index in [0.717, 1.165) is 5.56 Å². The smallest absolute Gasteiger partial charge is 0.312 e. The molecule has 0 unspecified atom stereocenters. The van der Waals surface area contributed by atoms with Crippen LogP contribution in [0.2, 0.25) is 0 Å². The predicted molar refractivity (Wildman–Crippen MR) is 132 cm³/mol. The zero-order chi connectivity index (χ0) is 26.7. The van der Waals surface area contributed by atoms with Gasteiger partial charge < -0.3 is 20.1 Å². The van der Waals surface area contributed by atoms with Crippen molar-refractivity contribution in [3.63, 3.8) is 0 Å². The summed E-state index contributed by atoms with van der Waals surface area (Å²) in [6, 6.07) is 7.96. The van der Waals surface area contributed by atoms with E-state index in [0.29, 0.717) is 5.69 Å². The van der Waals surface area contributed by atoms with Gasteiger partial charge in [0.05, 0.1) is 17.2 Å². The molecule has 1 fully saturated rings. The van der Waals surface area contributed by atoms with Crippen molar-refractivity contribution in [1.29, 1.82) is 0 Å². The number of carbonyl (C=O) groups is 3. The van der Waals surface area contributed by atoms with Gasteiger partial charge in [0.15, 0.2) is 0 Å². The molecule has 3 rings (SSSR count). The van der Waals surface area contributed by atoms with Gasteiger partial charge in [-0.1, -0.05) is 56.3 Å². The first kappa shape index (κ1) is 27.3. The van der Waals surface area contributed by atoms with E-state index in [9.17, 15) is 19.5 Å². The molecule has 0 radical (unpaired) electrons. The SMILES string of the molecule is CNC(=O)[C@@H]1C[C@@H](O)CN1C(=O)[C@@H](n1cc(CC(C)(C)C(=O)OCc2ccccc2)nn1)C(C)(C)C. The Morgan fingerprint density at radius 3 is 2.44 bits per heavy atom. The van der Waals surface area contributed by atoms with Crippen molar-refractivity contribution in [1.82, 2.24) is 25.2 Å². The number of aliphatic hydroxyl groups excluding tert-OH is 1. The van der Waals surface area contributed by atoms with E-state index in [-0.39, 0.29) is 43.8 Å². The normalized spacial score (nSPS) is 19.1. The first-order valence-electron chi connectivity index (χ1n) is 12.2. The third kappa shape index (κ3) is 6.29. The molecule has 0 saturated carbocycles. The second-order valence-electron chi connectivity index (χ2n) is 11.1. The monoisotopic (exact) mass is 499 g/mol. The summed E-state index contributed by atoms with van der Waals surface area (Å²) >= 11 is 0. The van der Waals surface area contributed by atoms with Crippen molar-refractivity contribution < 1.29 is 24.2 Å². The number of ether oxygens (including phenoxy) is 1. The van der Waals surface area contributed by atoms with Crippen LogP contribution in [0.4, 0.5) is 0 Å². The molecule has 3 atom stereocenters. The average molecular weight is 500 g/mol. The van der Waals surface area contributed by atoms with Crippen LogP contribution in [-0.4, -0.2) is 68.5 Å². The molecule has 0 bridgehead atoms. The van der Waals surface area contributed by atoms with Crippen LogP contribution in [0.15, 0.2) is 36.5 Å². The molecule has 10 heteroatoms. The summed E-state index contributed by atoms with van der Waals surface area (Å²) in [7, 11) is 1.51. The lowest BCUT2D eigenvalue weighted by atomic mass is 9.85. The Kier molecular flexibility index (Phi) is 8.18. The number of nitrogens with one attached hydrogen (secondary N) is 1. The van der Waals surface area contributed by atoms with Crippen molar-refractivity contribution in [3.05, 3.63) is 47.8 Å². The molecule has 1 aliphatic rings. The van der Waals surface area contributed by atoms with E-state index in [1.54, 1.807) is 20.0 Å². The number of likely N-dealkylation sites (N-methyl/N-ethyl adjacent to an activating group) is 1. The van der Waals surface area contributed by atoms with Crippen LogP contribution in [0.5, 0.6) is 0 Å². The van der Waals surface area contributed by atoms with Crippen LogP contribution in [0.1, 0.15) is 58.3 Å². The van der Waals surface area contributed by atoms with Crippen LogP contribution in [0.25, 0.3) is 0 Å². The van der Waals surface area contributed by atoms with Crippen LogP contribution < -0.4 is 5.32 Å². The minimum absolute atomic E-state index is 0.0747. The van der Waals surface area contributed by atoms with Crippen molar-refractivity contribution in [2.24, 2.45) is 10.8 Å². The summed E-state index contributed by atoms with van der Waals surface area (Å²) in [5.74, 6) is -0.989. The van der Waals surface area contributed by atoms with Gasteiger partial charge in [0.2, 0.25) is 11.8 Å². The Bertz CT molecular complexity index is 1080. The number of hydrogen-bond donors (Lipinski definition) is 2. The topological polar surface area (TPSA) is 127 Å². The summed E-state index contributed by atoms with van der Waals surface area (Å²) in [6.07, 6.45) is 1.35. The highest BCUT2D eigenvalue weighted by Crippen LogP contribution is 2.34. The van der Waals surface area contributed by atoms with Crippen molar-refractivity contribution in [3.8, 4) is 0 Å². The predicted octanol–water partition coefficient (Wildman–Crippen LogP) is 1.89. The lowest BCUT2D eigenvalue weighted by molar-refractivity contribution is -0.155. The average Bonchev–Trinajstić information content (AvgIpc) is 3.42. The fraction of sp³-hybridized carbons (Fsp3) is 0.577. The Labute approximate surface area is 212 Å². The Hall–Kier alpha value is -3.27. The van der Waals surface area contributed by atoms with E-state index in [2.05, 4.69) is 15.6 Å². The van der Waals surface area contributed by atoms with Gasteiger partial charge in [-0.15, -0.1) is 5.10 Å². The van der Waals surface area contributed by atoms with Gasteiger partial charge in [0, 0.05) is 32.6 Å². The number of aliphatic hydroxyl groups is 1. The molecular weight excluding hydrogens is 462 g/mol. The molecule has 0 spiro atoms. The van der Waals surface area contributed by atoms with Crippen molar-refractivity contribution in [2.75, 3.05) is 13.6 Å². The van der Waals surface area contributed by atoms with Crippen LogP contribution in [-0.2, 0) is 32.1 Å². The maximum absolute atomic E-state index is 13.7. The highest BCUT2D eigenvalue weighted by Gasteiger charge is 2.45. The molecule has 1 aromatic heterocycles. The largest absolute Gasteiger partial charge is 0.460 e. The molecule has 1 saturated heterocycles. The maximum Gasteiger partial charge on any atom is 0.312 e. The second-order valence-corrected chi connectivity index (χ2v) is 11.1. The fourth-order valence-corrected chi connectivity index (χ4v) is 4.47. The standard InChI is InChI=1S/C26H37N5O5/c1-25(2,3)21(23(34)30-15-19(32)12-20(30)22(33)27-6)31-14-18(28-29-31)13-26(4,5)24(35)36-16-17-10-8-7-9-11-17/h7-11,14,19-21,32H,12-13,15-16H2,1-6H3,(H,27,33)/t19-,20+,21-/m1/s1. The molecule has 0 aliphatic carbocycles. The third-order valence-corrected chi connectivity index (χ3v) is 6.38. The quantitative estimate of drug-likeness (QED) is 0.531. The Balaban J connectivity index is 1.76. The summed E-state index contributed by atoms with van der Waals surface area (Å²) in [4.78, 5) is 40.2. The number of rotatable bonds is 8. The molecular formula is C26H37N5O5. The molecule has 196 valence electrons. The maximum atomic E-state index is 13.7. The third-order valence-electron chi connectivity index (χ3n) is 6.38. The number of likely N-dealkylation sites (tertiary alicyclic amines) is 1. The minimum atomic E-state index is -0.861. The lowest BCUT2D eigenvalue weighted by Gasteiger charge is -2.34.